The van der Waals surface area contributed by atoms with Crippen molar-refractivity contribution < 1.29 is 9.59 Å². The summed E-state index contributed by atoms with van der Waals surface area (Å²) in [6, 6.07) is 7.70. The number of hydrogen-bond donors (Lipinski definition) is 2. The number of fused-ring (bicyclic) bond motifs is 1. The summed E-state index contributed by atoms with van der Waals surface area (Å²) >= 11 is 0. The van der Waals surface area contributed by atoms with Crippen molar-refractivity contribution in [2.24, 2.45) is 5.41 Å². The van der Waals surface area contributed by atoms with E-state index in [1.165, 1.54) is 0 Å². The van der Waals surface area contributed by atoms with Gasteiger partial charge in [-0.2, -0.15) is 5.26 Å². The van der Waals surface area contributed by atoms with Crippen molar-refractivity contribution in [1.29, 1.82) is 5.26 Å². The lowest BCUT2D eigenvalue weighted by atomic mass is 10.1. The lowest BCUT2D eigenvalue weighted by molar-refractivity contribution is -0.124. The number of carbonyl (C=O) groups excluding carboxylic acids is 2. The molecule has 1 aromatic rings. The van der Waals surface area contributed by atoms with Crippen LogP contribution in [0.5, 0.6) is 0 Å². The van der Waals surface area contributed by atoms with E-state index in [0.717, 1.165) is 16.8 Å². The summed E-state index contributed by atoms with van der Waals surface area (Å²) in [7, 11) is 0. The normalized spacial score (nSPS) is 18.2. The predicted octanol–water partition coefficient (Wildman–Crippen LogP) is 1.10. The molecule has 96 valence electrons. The molecule has 1 heterocycles. The van der Waals surface area contributed by atoms with E-state index >= 15 is 0 Å². The van der Waals surface area contributed by atoms with Crippen LogP contribution in [0.1, 0.15) is 24.0 Å². The van der Waals surface area contributed by atoms with E-state index in [4.69, 9.17) is 5.26 Å². The van der Waals surface area contributed by atoms with Crippen molar-refractivity contribution in [3.8, 4) is 6.07 Å². The lowest BCUT2D eigenvalue weighted by Gasteiger charge is -2.09. The Labute approximate surface area is 110 Å². The van der Waals surface area contributed by atoms with E-state index in [2.05, 4.69) is 16.7 Å². The van der Waals surface area contributed by atoms with Crippen molar-refractivity contribution in [3.63, 3.8) is 0 Å². The first kappa shape index (κ1) is 11.7. The Hall–Kier alpha value is -2.35. The molecule has 1 saturated carbocycles. The van der Waals surface area contributed by atoms with E-state index in [1.54, 1.807) is 0 Å². The van der Waals surface area contributed by atoms with Gasteiger partial charge in [0.25, 0.3) is 0 Å². The molecule has 2 N–H and O–H groups in total. The lowest BCUT2D eigenvalue weighted by Crippen LogP contribution is -2.30. The number of carbonyl (C=O) groups is 2. The topological polar surface area (TPSA) is 82.0 Å². The van der Waals surface area contributed by atoms with Crippen LogP contribution in [0.2, 0.25) is 0 Å². The van der Waals surface area contributed by atoms with Crippen LogP contribution < -0.4 is 10.6 Å². The van der Waals surface area contributed by atoms with Crippen LogP contribution in [0.3, 0.4) is 0 Å². The summed E-state index contributed by atoms with van der Waals surface area (Å²) in [6.45, 7) is 0.393. The summed E-state index contributed by atoms with van der Waals surface area (Å²) in [5.41, 5.74) is 1.96. The van der Waals surface area contributed by atoms with Gasteiger partial charge in [-0.25, -0.2) is 0 Å². The van der Waals surface area contributed by atoms with E-state index in [-0.39, 0.29) is 11.8 Å². The average Bonchev–Trinajstić information content (AvgIpc) is 3.12. The van der Waals surface area contributed by atoms with Crippen molar-refractivity contribution in [2.45, 2.75) is 25.8 Å². The fourth-order valence-corrected chi connectivity index (χ4v) is 2.26. The van der Waals surface area contributed by atoms with Crippen LogP contribution in [0.4, 0.5) is 5.69 Å². The van der Waals surface area contributed by atoms with Gasteiger partial charge in [-0.1, -0.05) is 12.1 Å². The Morgan fingerprint density at radius 2 is 2.26 bits per heavy atom. The van der Waals surface area contributed by atoms with Crippen molar-refractivity contribution in [3.05, 3.63) is 29.3 Å². The van der Waals surface area contributed by atoms with Crippen LogP contribution in [-0.4, -0.2) is 11.8 Å². The molecule has 0 radical (unpaired) electrons. The third kappa shape index (κ3) is 2.06. The molecule has 0 unspecified atom stereocenters. The molecule has 1 fully saturated rings. The molecular weight excluding hydrogens is 242 g/mol. The predicted molar refractivity (Wildman–Crippen MR) is 67.9 cm³/mol. The number of anilines is 1. The highest BCUT2D eigenvalue weighted by Crippen LogP contribution is 2.45. The Kier molecular flexibility index (Phi) is 2.53. The zero-order chi connectivity index (χ0) is 13.5. The number of amides is 2. The summed E-state index contributed by atoms with van der Waals surface area (Å²) < 4.78 is 0. The first-order valence-corrected chi connectivity index (χ1v) is 6.24. The Morgan fingerprint density at radius 3 is 2.95 bits per heavy atom. The smallest absolute Gasteiger partial charge is 0.240 e. The Bertz CT molecular complexity index is 612. The second kappa shape index (κ2) is 4.09. The minimum absolute atomic E-state index is 0.00222. The highest BCUT2D eigenvalue weighted by atomic mass is 16.2. The van der Waals surface area contributed by atoms with Gasteiger partial charge in [0, 0.05) is 12.2 Å². The van der Waals surface area contributed by atoms with E-state index in [0.29, 0.717) is 25.8 Å². The number of hydrogen-bond acceptors (Lipinski definition) is 3. The molecule has 0 spiro atoms. The van der Waals surface area contributed by atoms with Crippen molar-refractivity contribution in [2.75, 3.05) is 5.32 Å². The largest absolute Gasteiger partial charge is 0.351 e. The maximum absolute atomic E-state index is 11.8. The third-order valence-electron chi connectivity index (χ3n) is 3.65. The second-order valence-corrected chi connectivity index (χ2v) is 5.09. The zero-order valence-electron chi connectivity index (χ0n) is 10.3. The second-order valence-electron chi connectivity index (χ2n) is 5.09. The molecule has 19 heavy (non-hydrogen) atoms. The first-order valence-electron chi connectivity index (χ1n) is 6.24. The molecule has 1 aliphatic heterocycles. The highest BCUT2D eigenvalue weighted by molar-refractivity contribution is 5.99. The quantitative estimate of drug-likeness (QED) is 0.848. The summed E-state index contributed by atoms with van der Waals surface area (Å²) in [6.07, 6.45) is 1.69. The molecule has 5 heteroatoms. The van der Waals surface area contributed by atoms with Gasteiger partial charge in [-0.15, -0.1) is 0 Å². The van der Waals surface area contributed by atoms with Crippen LogP contribution in [0.15, 0.2) is 18.2 Å². The van der Waals surface area contributed by atoms with Gasteiger partial charge in [0.15, 0.2) is 0 Å². The number of rotatable bonds is 3. The Morgan fingerprint density at radius 1 is 1.47 bits per heavy atom. The Balaban J connectivity index is 1.66. The van der Waals surface area contributed by atoms with Gasteiger partial charge >= 0.3 is 0 Å². The molecule has 1 aromatic carbocycles. The molecule has 2 amide bonds. The van der Waals surface area contributed by atoms with Crippen molar-refractivity contribution in [1.82, 2.24) is 5.32 Å². The summed E-state index contributed by atoms with van der Waals surface area (Å²) in [4.78, 5) is 23.1. The summed E-state index contributed by atoms with van der Waals surface area (Å²) in [5.74, 6) is -0.192. The van der Waals surface area contributed by atoms with Gasteiger partial charge in [0.1, 0.15) is 5.41 Å². The fraction of sp³-hybridized carbons (Fsp3) is 0.357. The number of nitrogens with one attached hydrogen (secondary N) is 2. The standard InChI is InChI=1S/C14H13N3O2/c15-8-14(3-4-14)13(19)16-7-9-1-2-11-10(5-9)6-12(18)17-11/h1-2,5H,3-4,6-7H2,(H,16,19)(H,17,18). The third-order valence-corrected chi connectivity index (χ3v) is 3.65. The van der Waals surface area contributed by atoms with E-state index in [9.17, 15) is 9.59 Å². The van der Waals surface area contributed by atoms with Crippen molar-refractivity contribution >= 4 is 17.5 Å². The van der Waals surface area contributed by atoms with Crippen LogP contribution in [0.25, 0.3) is 0 Å². The molecule has 0 aromatic heterocycles. The minimum Gasteiger partial charge on any atom is -0.351 e. The average molecular weight is 255 g/mol. The van der Waals surface area contributed by atoms with Gasteiger partial charge in [0.05, 0.1) is 12.5 Å². The maximum Gasteiger partial charge on any atom is 0.240 e. The van der Waals surface area contributed by atoms with Gasteiger partial charge in [0.2, 0.25) is 11.8 Å². The number of benzene rings is 1. The zero-order valence-corrected chi connectivity index (χ0v) is 10.3. The molecule has 0 bridgehead atoms. The van der Waals surface area contributed by atoms with Crippen LogP contribution in [0, 0.1) is 16.7 Å². The molecule has 0 atom stereocenters. The monoisotopic (exact) mass is 255 g/mol. The molecular formula is C14H13N3O2. The fourth-order valence-electron chi connectivity index (χ4n) is 2.26. The number of nitrogens with zero attached hydrogens (tertiary/aromatic N) is 1. The molecule has 1 aliphatic carbocycles. The number of nitriles is 1. The van der Waals surface area contributed by atoms with Crippen LogP contribution >= 0.6 is 0 Å². The van der Waals surface area contributed by atoms with Gasteiger partial charge in [-0.3, -0.25) is 9.59 Å². The SMILES string of the molecule is N#CC1(C(=O)NCc2ccc3c(c2)CC(=O)N3)CC1. The van der Waals surface area contributed by atoms with Gasteiger partial charge in [-0.05, 0) is 30.0 Å². The summed E-state index contributed by atoms with van der Waals surface area (Å²) in [5, 5.41) is 14.5. The van der Waals surface area contributed by atoms with Crippen LogP contribution in [-0.2, 0) is 22.6 Å². The van der Waals surface area contributed by atoms with Gasteiger partial charge < -0.3 is 10.6 Å². The maximum atomic E-state index is 11.8. The minimum atomic E-state index is -0.783. The molecule has 5 nitrogen and oxygen atoms in total. The van der Waals surface area contributed by atoms with E-state index < -0.39 is 5.41 Å². The first-order chi connectivity index (χ1) is 9.13. The van der Waals surface area contributed by atoms with E-state index in [1.807, 2.05) is 18.2 Å². The molecule has 0 saturated heterocycles. The molecule has 3 rings (SSSR count). The molecule has 2 aliphatic rings. The highest BCUT2D eigenvalue weighted by Gasteiger charge is 2.50.